The molecule has 1 N–H and O–H groups in total. The summed E-state index contributed by atoms with van der Waals surface area (Å²) in [7, 11) is 0. The van der Waals surface area contributed by atoms with Gasteiger partial charge >= 0.3 is 0 Å². The Bertz CT molecular complexity index is 198. The van der Waals surface area contributed by atoms with E-state index in [1.807, 2.05) is 27.7 Å². The highest BCUT2D eigenvalue weighted by molar-refractivity contribution is 5.21. The van der Waals surface area contributed by atoms with Gasteiger partial charge in [-0.2, -0.15) is 0 Å². The van der Waals surface area contributed by atoms with Crippen LogP contribution in [0.2, 0.25) is 0 Å². The minimum absolute atomic E-state index is 0.0449. The van der Waals surface area contributed by atoms with Crippen LogP contribution in [0.3, 0.4) is 0 Å². The van der Waals surface area contributed by atoms with Crippen LogP contribution in [-0.2, 0) is 0 Å². The Morgan fingerprint density at radius 3 is 1.31 bits per heavy atom. The molecule has 0 aliphatic heterocycles. The maximum absolute atomic E-state index is 10.4. The summed E-state index contributed by atoms with van der Waals surface area (Å²) in [5.74, 6) is 0. The minimum Gasteiger partial charge on any atom is -0.385 e. The summed E-state index contributed by atoms with van der Waals surface area (Å²) in [6.45, 7) is 18.2. The molecule has 0 aromatic carbocycles. The highest BCUT2D eigenvalue weighted by Gasteiger charge is 2.41. The molecule has 0 saturated heterocycles. The fourth-order valence-corrected chi connectivity index (χ4v) is 1.18. The Hall–Kier alpha value is -0.300. The Balaban J connectivity index is 4.98. The molecule has 1 atom stereocenters. The standard InChI is InChI=1S/C12H24O/c1-9(10(2,3)4)12(8,13)11(5,6)7/h13H,1H2,2-8H3. The van der Waals surface area contributed by atoms with Crippen molar-refractivity contribution in [2.75, 3.05) is 0 Å². The van der Waals surface area contributed by atoms with E-state index < -0.39 is 5.60 Å². The summed E-state index contributed by atoms with van der Waals surface area (Å²) in [4.78, 5) is 0. The van der Waals surface area contributed by atoms with Crippen molar-refractivity contribution in [3.63, 3.8) is 0 Å². The largest absolute Gasteiger partial charge is 0.385 e. The van der Waals surface area contributed by atoms with E-state index in [1.54, 1.807) is 0 Å². The lowest BCUT2D eigenvalue weighted by Crippen LogP contribution is -2.44. The molecule has 0 bridgehead atoms. The molecule has 0 fully saturated rings. The van der Waals surface area contributed by atoms with Crippen molar-refractivity contribution in [3.05, 3.63) is 12.2 Å². The van der Waals surface area contributed by atoms with E-state index in [2.05, 4.69) is 27.4 Å². The molecule has 0 heterocycles. The summed E-state index contributed by atoms with van der Waals surface area (Å²) in [6, 6.07) is 0. The van der Waals surface area contributed by atoms with Crippen molar-refractivity contribution < 1.29 is 5.11 Å². The predicted molar refractivity (Wildman–Crippen MR) is 58.7 cm³/mol. The van der Waals surface area contributed by atoms with Gasteiger partial charge in [0, 0.05) is 0 Å². The Morgan fingerprint density at radius 1 is 0.923 bits per heavy atom. The van der Waals surface area contributed by atoms with Crippen LogP contribution in [0.5, 0.6) is 0 Å². The molecule has 1 nitrogen and oxygen atoms in total. The lowest BCUT2D eigenvalue weighted by molar-refractivity contribution is -0.0205. The average Bonchev–Trinajstić information content (AvgIpc) is 1.81. The molecule has 0 amide bonds. The van der Waals surface area contributed by atoms with Crippen LogP contribution in [0.1, 0.15) is 48.5 Å². The van der Waals surface area contributed by atoms with Gasteiger partial charge in [-0.15, -0.1) is 0 Å². The maximum atomic E-state index is 10.4. The quantitative estimate of drug-likeness (QED) is 0.619. The molecule has 0 aliphatic rings. The fraction of sp³-hybridized carbons (Fsp3) is 0.833. The second-order valence-electron chi connectivity index (χ2n) is 6.05. The van der Waals surface area contributed by atoms with E-state index in [1.165, 1.54) is 0 Å². The molecule has 78 valence electrons. The molecule has 0 radical (unpaired) electrons. The molecule has 0 saturated carbocycles. The summed E-state index contributed by atoms with van der Waals surface area (Å²) >= 11 is 0. The molecule has 1 heteroatoms. The normalized spacial score (nSPS) is 18.2. The Kier molecular flexibility index (Phi) is 3.05. The van der Waals surface area contributed by atoms with Gasteiger partial charge in [0.2, 0.25) is 0 Å². The monoisotopic (exact) mass is 184 g/mol. The number of rotatable bonds is 1. The lowest BCUT2D eigenvalue weighted by atomic mass is 9.66. The zero-order chi connectivity index (χ0) is 11.1. The SMILES string of the molecule is C=C(C(C)(C)C)C(C)(O)C(C)(C)C. The van der Waals surface area contributed by atoms with E-state index >= 15 is 0 Å². The van der Waals surface area contributed by atoms with Gasteiger partial charge in [-0.25, -0.2) is 0 Å². The van der Waals surface area contributed by atoms with E-state index in [9.17, 15) is 5.11 Å². The van der Waals surface area contributed by atoms with Crippen molar-refractivity contribution in [2.24, 2.45) is 10.8 Å². The van der Waals surface area contributed by atoms with Gasteiger partial charge in [0.1, 0.15) is 0 Å². The van der Waals surface area contributed by atoms with Crippen molar-refractivity contribution in [1.29, 1.82) is 0 Å². The summed E-state index contributed by atoms with van der Waals surface area (Å²) in [5.41, 5.74) is -0.133. The van der Waals surface area contributed by atoms with Gasteiger partial charge in [0.15, 0.2) is 0 Å². The fourth-order valence-electron chi connectivity index (χ4n) is 1.18. The first kappa shape index (κ1) is 12.7. The number of aliphatic hydroxyl groups is 1. The minimum atomic E-state index is -0.814. The zero-order valence-electron chi connectivity index (χ0n) is 10.2. The van der Waals surface area contributed by atoms with E-state index in [-0.39, 0.29) is 10.8 Å². The molecule has 0 aromatic rings. The molecule has 13 heavy (non-hydrogen) atoms. The van der Waals surface area contributed by atoms with Crippen LogP contribution >= 0.6 is 0 Å². The Labute approximate surface area is 82.9 Å². The van der Waals surface area contributed by atoms with Crippen molar-refractivity contribution in [2.45, 2.75) is 54.1 Å². The predicted octanol–water partition coefficient (Wildman–Crippen LogP) is 3.39. The van der Waals surface area contributed by atoms with E-state index in [4.69, 9.17) is 0 Å². The second kappa shape index (κ2) is 3.13. The summed E-state index contributed by atoms with van der Waals surface area (Å²) in [6.07, 6.45) is 0. The van der Waals surface area contributed by atoms with Crippen molar-refractivity contribution in [1.82, 2.24) is 0 Å². The molecule has 0 spiro atoms. The zero-order valence-corrected chi connectivity index (χ0v) is 10.2. The third-order valence-electron chi connectivity index (χ3n) is 2.95. The van der Waals surface area contributed by atoms with Crippen LogP contribution in [0.15, 0.2) is 12.2 Å². The first-order chi connectivity index (χ1) is 5.40. The van der Waals surface area contributed by atoms with Gasteiger partial charge < -0.3 is 5.11 Å². The van der Waals surface area contributed by atoms with Crippen molar-refractivity contribution >= 4 is 0 Å². The first-order valence-corrected chi connectivity index (χ1v) is 4.83. The van der Waals surface area contributed by atoms with Gasteiger partial charge in [-0.05, 0) is 23.3 Å². The maximum Gasteiger partial charge on any atom is 0.0879 e. The molecule has 0 aliphatic carbocycles. The van der Waals surface area contributed by atoms with Crippen LogP contribution in [0, 0.1) is 10.8 Å². The highest BCUT2D eigenvalue weighted by atomic mass is 16.3. The smallest absolute Gasteiger partial charge is 0.0879 e. The molecular weight excluding hydrogens is 160 g/mol. The van der Waals surface area contributed by atoms with E-state index in [0.29, 0.717) is 0 Å². The number of hydrogen-bond donors (Lipinski definition) is 1. The number of hydrogen-bond acceptors (Lipinski definition) is 1. The first-order valence-electron chi connectivity index (χ1n) is 4.83. The molecular formula is C12H24O. The lowest BCUT2D eigenvalue weighted by Gasteiger charge is -2.43. The van der Waals surface area contributed by atoms with E-state index in [0.717, 1.165) is 5.57 Å². The summed E-state index contributed by atoms with van der Waals surface area (Å²) < 4.78 is 0. The summed E-state index contributed by atoms with van der Waals surface area (Å²) in [5, 5.41) is 10.4. The topological polar surface area (TPSA) is 20.2 Å². The van der Waals surface area contributed by atoms with Gasteiger partial charge in [-0.1, -0.05) is 48.1 Å². The third kappa shape index (κ3) is 2.57. The highest BCUT2D eigenvalue weighted by Crippen LogP contribution is 2.42. The Morgan fingerprint density at radius 2 is 1.23 bits per heavy atom. The molecule has 0 rings (SSSR count). The second-order valence-corrected chi connectivity index (χ2v) is 6.05. The van der Waals surface area contributed by atoms with Crippen molar-refractivity contribution in [3.8, 4) is 0 Å². The van der Waals surface area contributed by atoms with Crippen LogP contribution in [0.25, 0.3) is 0 Å². The van der Waals surface area contributed by atoms with Gasteiger partial charge in [0.25, 0.3) is 0 Å². The van der Waals surface area contributed by atoms with Gasteiger partial charge in [0.05, 0.1) is 5.60 Å². The molecule has 0 aromatic heterocycles. The van der Waals surface area contributed by atoms with Crippen LogP contribution in [0.4, 0.5) is 0 Å². The van der Waals surface area contributed by atoms with Crippen LogP contribution in [-0.4, -0.2) is 10.7 Å². The average molecular weight is 184 g/mol. The molecule has 1 unspecified atom stereocenters. The third-order valence-corrected chi connectivity index (χ3v) is 2.95. The van der Waals surface area contributed by atoms with Gasteiger partial charge in [-0.3, -0.25) is 0 Å². The van der Waals surface area contributed by atoms with Crippen LogP contribution < -0.4 is 0 Å².